The van der Waals surface area contributed by atoms with Gasteiger partial charge >= 0.3 is 0 Å². The van der Waals surface area contributed by atoms with Gasteiger partial charge in [0.25, 0.3) is 0 Å². The van der Waals surface area contributed by atoms with Crippen molar-refractivity contribution in [3.05, 3.63) is 33.5 Å². The van der Waals surface area contributed by atoms with E-state index in [1.807, 2.05) is 6.07 Å². The number of rotatable bonds is 0. The predicted octanol–water partition coefficient (Wildman–Crippen LogP) is 3.62. The Morgan fingerprint density at radius 3 is 2.42 bits per heavy atom. The maximum Gasteiger partial charge on any atom is 0.00267 e. The molecule has 0 unspecified atom stereocenters. The van der Waals surface area contributed by atoms with Crippen molar-refractivity contribution in [3.8, 4) is 0 Å². The fourth-order valence-corrected chi connectivity index (χ4v) is 1.98. The molecular weight excluding hydrogens is 429 g/mol. The van der Waals surface area contributed by atoms with Gasteiger partial charge in [-0.1, -0.05) is 22.0 Å². The summed E-state index contributed by atoms with van der Waals surface area (Å²) in [4.78, 5) is 0. The Labute approximate surface area is 117 Å². The first-order valence-corrected chi connectivity index (χ1v) is 4.59. The molecular formula is C9H9AcBrN-. The van der Waals surface area contributed by atoms with Gasteiger partial charge in [0.05, 0.1) is 0 Å². The summed E-state index contributed by atoms with van der Waals surface area (Å²) in [6, 6.07) is 4.07. The summed E-state index contributed by atoms with van der Waals surface area (Å²) in [5, 5.41) is 0. The van der Waals surface area contributed by atoms with Gasteiger partial charge < -0.3 is 5.73 Å². The van der Waals surface area contributed by atoms with Crippen molar-refractivity contribution < 1.29 is 44.1 Å². The first-order valence-electron chi connectivity index (χ1n) is 3.80. The van der Waals surface area contributed by atoms with E-state index >= 15 is 0 Å². The van der Waals surface area contributed by atoms with Crippen LogP contribution in [0.2, 0.25) is 0 Å². The van der Waals surface area contributed by atoms with E-state index in [1.165, 1.54) is 24.0 Å². The topological polar surface area (TPSA) is 23.8 Å². The Bertz CT molecular complexity index is 270. The normalized spacial score (nSPS) is 13.8. The zero-order chi connectivity index (χ0) is 7.84. The summed E-state index contributed by atoms with van der Waals surface area (Å²) >= 11 is 3.36. The molecule has 0 saturated carbocycles. The van der Waals surface area contributed by atoms with Gasteiger partial charge in [-0.15, -0.1) is 5.69 Å². The first kappa shape index (κ1) is 11.0. The van der Waals surface area contributed by atoms with E-state index in [0.29, 0.717) is 5.69 Å². The molecule has 0 aromatic heterocycles. The molecule has 2 rings (SSSR count). The van der Waals surface area contributed by atoms with Crippen LogP contribution in [0.25, 0.3) is 5.73 Å². The number of hydrogen-bond donors (Lipinski definition) is 0. The van der Waals surface area contributed by atoms with Crippen molar-refractivity contribution in [2.24, 2.45) is 0 Å². The first-order chi connectivity index (χ1) is 5.27. The van der Waals surface area contributed by atoms with E-state index in [1.54, 1.807) is 0 Å². The third-order valence-electron chi connectivity index (χ3n) is 2.18. The zero-order valence-corrected chi connectivity index (χ0v) is 13.1. The quantitative estimate of drug-likeness (QED) is 0.592. The second-order valence-electron chi connectivity index (χ2n) is 2.95. The van der Waals surface area contributed by atoms with Gasteiger partial charge in [-0.25, -0.2) is 0 Å². The SMILES string of the molecule is [Ac].[NH-]c1cc2c(cc1Br)CCC2. The van der Waals surface area contributed by atoms with Crippen molar-refractivity contribution >= 4 is 21.6 Å². The molecule has 0 amide bonds. The van der Waals surface area contributed by atoms with Crippen molar-refractivity contribution in [1.82, 2.24) is 0 Å². The molecule has 1 aromatic carbocycles. The summed E-state index contributed by atoms with van der Waals surface area (Å²) in [7, 11) is 0. The molecule has 0 spiro atoms. The summed E-state index contributed by atoms with van der Waals surface area (Å²) in [5.74, 6) is 0. The summed E-state index contributed by atoms with van der Waals surface area (Å²) in [5.41, 5.74) is 11.0. The second-order valence-corrected chi connectivity index (χ2v) is 3.81. The van der Waals surface area contributed by atoms with Crippen LogP contribution in [-0.2, 0) is 12.8 Å². The molecule has 12 heavy (non-hydrogen) atoms. The van der Waals surface area contributed by atoms with Crippen LogP contribution in [0.3, 0.4) is 0 Å². The molecule has 1 radical (unpaired) electrons. The summed E-state index contributed by atoms with van der Waals surface area (Å²) in [6.45, 7) is 0. The smallest absolute Gasteiger partial charge is 0.00267 e. The van der Waals surface area contributed by atoms with Crippen LogP contribution in [0, 0.1) is 44.1 Å². The number of aryl methyl sites for hydroxylation is 2. The number of benzene rings is 1. The van der Waals surface area contributed by atoms with Gasteiger partial charge in [-0.05, 0) is 36.5 Å². The van der Waals surface area contributed by atoms with Gasteiger partial charge in [0.15, 0.2) is 0 Å². The van der Waals surface area contributed by atoms with Gasteiger partial charge in [-0.2, -0.15) is 0 Å². The van der Waals surface area contributed by atoms with E-state index in [2.05, 4.69) is 22.0 Å². The molecule has 1 aromatic rings. The molecule has 0 saturated heterocycles. The van der Waals surface area contributed by atoms with E-state index in [9.17, 15) is 0 Å². The van der Waals surface area contributed by atoms with E-state index in [0.717, 1.165) is 10.9 Å². The van der Waals surface area contributed by atoms with E-state index in [4.69, 9.17) is 5.73 Å². The molecule has 0 bridgehead atoms. The predicted molar refractivity (Wildman–Crippen MR) is 50.1 cm³/mol. The van der Waals surface area contributed by atoms with Gasteiger partial charge in [-0.3, -0.25) is 0 Å². The van der Waals surface area contributed by atoms with Crippen LogP contribution in [0.5, 0.6) is 0 Å². The molecule has 0 heterocycles. The van der Waals surface area contributed by atoms with Crippen LogP contribution >= 0.6 is 15.9 Å². The fourth-order valence-electron chi connectivity index (χ4n) is 1.59. The van der Waals surface area contributed by atoms with Crippen molar-refractivity contribution in [1.29, 1.82) is 0 Å². The standard InChI is InChI=1S/C9H9BrN.Ac/c10-8-4-6-2-1-3-7(6)5-9(8)11;/h4-5,11H,1-3H2;/q-1;. The van der Waals surface area contributed by atoms with Crippen LogP contribution < -0.4 is 0 Å². The van der Waals surface area contributed by atoms with Crippen LogP contribution in [0.4, 0.5) is 5.69 Å². The third kappa shape index (κ3) is 2.05. The minimum atomic E-state index is 0. The Hall–Kier alpha value is 0.942. The van der Waals surface area contributed by atoms with E-state index < -0.39 is 0 Å². The van der Waals surface area contributed by atoms with Crippen molar-refractivity contribution in [2.45, 2.75) is 19.3 Å². The second kappa shape index (κ2) is 4.44. The Kier molecular flexibility index (Phi) is 4.08. The summed E-state index contributed by atoms with van der Waals surface area (Å²) < 4.78 is 0.929. The average Bonchev–Trinajstić information content (AvgIpc) is 2.36. The zero-order valence-electron chi connectivity index (χ0n) is 6.73. The van der Waals surface area contributed by atoms with Gasteiger partial charge in [0.2, 0.25) is 0 Å². The molecule has 0 aliphatic heterocycles. The maximum absolute atomic E-state index is 7.54. The van der Waals surface area contributed by atoms with Crippen LogP contribution in [0.15, 0.2) is 16.6 Å². The van der Waals surface area contributed by atoms with Crippen LogP contribution in [0.1, 0.15) is 17.5 Å². The van der Waals surface area contributed by atoms with Gasteiger partial charge in [0, 0.05) is 48.5 Å². The Balaban J connectivity index is 0.000000720. The largest absolute Gasteiger partial charge is 0.698 e. The minimum absolute atomic E-state index is 0. The van der Waals surface area contributed by atoms with Crippen LogP contribution in [-0.4, -0.2) is 0 Å². The number of hydrogen-bond acceptors (Lipinski definition) is 0. The molecule has 3 heteroatoms. The minimum Gasteiger partial charge on any atom is -0.698 e. The fraction of sp³-hybridized carbons (Fsp3) is 0.333. The number of halogens is 1. The Morgan fingerprint density at radius 1 is 1.17 bits per heavy atom. The molecule has 61 valence electrons. The molecule has 1 aliphatic rings. The van der Waals surface area contributed by atoms with Gasteiger partial charge in [0.1, 0.15) is 0 Å². The number of fused-ring (bicyclic) bond motifs is 1. The third-order valence-corrected chi connectivity index (χ3v) is 2.84. The van der Waals surface area contributed by atoms with Crippen molar-refractivity contribution in [3.63, 3.8) is 0 Å². The monoisotopic (exact) mass is 437 g/mol. The molecule has 1 aliphatic carbocycles. The molecule has 1 nitrogen and oxygen atoms in total. The van der Waals surface area contributed by atoms with E-state index in [-0.39, 0.29) is 44.1 Å². The molecule has 0 atom stereocenters. The van der Waals surface area contributed by atoms with Crippen molar-refractivity contribution in [2.75, 3.05) is 0 Å². The average molecular weight is 438 g/mol. The molecule has 1 N–H and O–H groups in total. The summed E-state index contributed by atoms with van der Waals surface area (Å²) in [6.07, 6.45) is 3.61. The Morgan fingerprint density at radius 2 is 1.75 bits per heavy atom. The maximum atomic E-state index is 7.54. The number of nitrogens with one attached hydrogen (secondary N) is 1. The molecule has 0 fully saturated rings.